The summed E-state index contributed by atoms with van der Waals surface area (Å²) in [4.78, 5) is 2.48. The van der Waals surface area contributed by atoms with Crippen LogP contribution in [0.3, 0.4) is 0 Å². The Hall–Kier alpha value is -0.170. The second-order valence-electron chi connectivity index (χ2n) is 4.79. The molecular weight excluding hydrogens is 238 g/mol. The monoisotopic (exact) mass is 263 g/mol. The van der Waals surface area contributed by atoms with Crippen LogP contribution in [-0.4, -0.2) is 57.9 Å². The van der Waals surface area contributed by atoms with E-state index < -0.39 is 10.2 Å². The van der Waals surface area contributed by atoms with Crippen LogP contribution in [0.2, 0.25) is 0 Å². The summed E-state index contributed by atoms with van der Waals surface area (Å²) in [6, 6.07) is 0. The average molecular weight is 263 g/mol. The topological polar surface area (TPSA) is 52.7 Å². The van der Waals surface area contributed by atoms with Crippen LogP contribution in [0.4, 0.5) is 0 Å². The van der Waals surface area contributed by atoms with Crippen LogP contribution in [0.1, 0.15) is 32.1 Å². The minimum absolute atomic E-state index is 0.536. The summed E-state index contributed by atoms with van der Waals surface area (Å²) in [7, 11) is -0.158. The van der Waals surface area contributed by atoms with Crippen LogP contribution in [0.5, 0.6) is 0 Å². The van der Waals surface area contributed by atoms with E-state index in [1.807, 2.05) is 0 Å². The second-order valence-corrected chi connectivity index (χ2v) is 6.76. The molecule has 0 saturated carbocycles. The number of rotatable bonds is 7. The van der Waals surface area contributed by atoms with Crippen molar-refractivity contribution in [2.24, 2.45) is 0 Å². The number of piperidine rings is 1. The molecule has 0 atom stereocenters. The van der Waals surface area contributed by atoms with Crippen molar-refractivity contribution in [2.45, 2.75) is 32.1 Å². The van der Waals surface area contributed by atoms with Gasteiger partial charge in [-0.25, -0.2) is 4.72 Å². The first-order chi connectivity index (χ1) is 8.02. The molecule has 1 aliphatic rings. The zero-order valence-corrected chi connectivity index (χ0v) is 11.8. The van der Waals surface area contributed by atoms with Gasteiger partial charge in [-0.3, -0.25) is 0 Å². The van der Waals surface area contributed by atoms with Gasteiger partial charge < -0.3 is 4.90 Å². The molecular formula is C11H25N3O2S. The van der Waals surface area contributed by atoms with Crippen LogP contribution >= 0.6 is 0 Å². The Balaban J connectivity index is 2.04. The lowest BCUT2D eigenvalue weighted by molar-refractivity contribution is 0.225. The molecule has 0 bridgehead atoms. The summed E-state index contributed by atoms with van der Waals surface area (Å²) in [6.45, 7) is 4.06. The van der Waals surface area contributed by atoms with Crippen LogP contribution in [0.25, 0.3) is 0 Å². The number of likely N-dealkylation sites (tertiary alicyclic amines) is 1. The molecule has 17 heavy (non-hydrogen) atoms. The maximum atomic E-state index is 11.4. The lowest BCUT2D eigenvalue weighted by atomic mass is 10.1. The Morgan fingerprint density at radius 1 is 1.12 bits per heavy atom. The Morgan fingerprint density at radius 2 is 1.76 bits per heavy atom. The van der Waals surface area contributed by atoms with Gasteiger partial charge in [0.2, 0.25) is 0 Å². The molecule has 5 nitrogen and oxygen atoms in total. The van der Waals surface area contributed by atoms with Crippen molar-refractivity contribution < 1.29 is 8.42 Å². The predicted molar refractivity (Wildman–Crippen MR) is 70.1 cm³/mol. The van der Waals surface area contributed by atoms with E-state index in [1.54, 1.807) is 0 Å². The zero-order valence-electron chi connectivity index (χ0n) is 11.0. The molecule has 0 amide bonds. The highest BCUT2D eigenvalue weighted by Gasteiger charge is 2.12. The average Bonchev–Trinajstić information content (AvgIpc) is 2.29. The Kier molecular flexibility index (Phi) is 6.40. The third-order valence-corrected chi connectivity index (χ3v) is 4.65. The van der Waals surface area contributed by atoms with E-state index in [2.05, 4.69) is 9.62 Å². The molecule has 0 unspecified atom stereocenters. The highest BCUT2D eigenvalue weighted by atomic mass is 32.2. The van der Waals surface area contributed by atoms with Crippen molar-refractivity contribution in [1.82, 2.24) is 13.9 Å². The van der Waals surface area contributed by atoms with Gasteiger partial charge in [-0.15, -0.1) is 0 Å². The number of hydrogen-bond acceptors (Lipinski definition) is 3. The molecule has 1 N–H and O–H groups in total. The summed E-state index contributed by atoms with van der Waals surface area (Å²) < 4.78 is 26.6. The van der Waals surface area contributed by atoms with Gasteiger partial charge in [-0.05, 0) is 45.3 Å². The molecule has 1 fully saturated rings. The van der Waals surface area contributed by atoms with E-state index in [0.29, 0.717) is 6.54 Å². The molecule has 0 aromatic heterocycles. The molecule has 0 radical (unpaired) electrons. The van der Waals surface area contributed by atoms with Gasteiger partial charge in [0.15, 0.2) is 0 Å². The van der Waals surface area contributed by atoms with E-state index in [1.165, 1.54) is 50.8 Å². The van der Waals surface area contributed by atoms with E-state index >= 15 is 0 Å². The fraction of sp³-hybridized carbons (Fsp3) is 1.00. The Bertz CT molecular complexity index is 298. The molecule has 0 aromatic carbocycles. The fourth-order valence-electron chi connectivity index (χ4n) is 1.97. The lowest BCUT2D eigenvalue weighted by Gasteiger charge is -2.26. The van der Waals surface area contributed by atoms with Crippen LogP contribution < -0.4 is 4.72 Å². The van der Waals surface area contributed by atoms with Gasteiger partial charge in [0.25, 0.3) is 10.2 Å². The van der Waals surface area contributed by atoms with Gasteiger partial charge in [0.05, 0.1) is 0 Å². The molecule has 1 saturated heterocycles. The third kappa shape index (κ3) is 5.81. The predicted octanol–water partition coefficient (Wildman–Crippen LogP) is 0.649. The summed E-state index contributed by atoms with van der Waals surface area (Å²) in [5.74, 6) is 0. The lowest BCUT2D eigenvalue weighted by Crippen LogP contribution is -2.36. The summed E-state index contributed by atoms with van der Waals surface area (Å²) >= 11 is 0. The molecule has 6 heteroatoms. The highest BCUT2D eigenvalue weighted by Crippen LogP contribution is 2.09. The molecule has 1 heterocycles. The van der Waals surface area contributed by atoms with E-state index in [4.69, 9.17) is 0 Å². The first kappa shape index (κ1) is 14.9. The summed E-state index contributed by atoms with van der Waals surface area (Å²) in [6.07, 6.45) is 5.96. The number of unbranched alkanes of at least 4 members (excludes halogenated alkanes) is 1. The Morgan fingerprint density at radius 3 is 2.35 bits per heavy atom. The van der Waals surface area contributed by atoms with Crippen LogP contribution in [-0.2, 0) is 10.2 Å². The van der Waals surface area contributed by atoms with Crippen LogP contribution in [0.15, 0.2) is 0 Å². The Labute approximate surface area is 105 Å². The van der Waals surface area contributed by atoms with E-state index in [-0.39, 0.29) is 0 Å². The molecule has 0 aromatic rings. The number of nitrogens with one attached hydrogen (secondary N) is 1. The highest BCUT2D eigenvalue weighted by molar-refractivity contribution is 7.87. The zero-order chi connectivity index (χ0) is 12.7. The van der Waals surface area contributed by atoms with Crippen LogP contribution in [0, 0.1) is 0 Å². The van der Waals surface area contributed by atoms with Crippen molar-refractivity contribution in [3.05, 3.63) is 0 Å². The third-order valence-electron chi connectivity index (χ3n) is 3.11. The summed E-state index contributed by atoms with van der Waals surface area (Å²) in [5.41, 5.74) is 0. The van der Waals surface area contributed by atoms with Crippen molar-refractivity contribution >= 4 is 10.2 Å². The molecule has 0 aliphatic carbocycles. The maximum absolute atomic E-state index is 11.4. The minimum Gasteiger partial charge on any atom is -0.303 e. The first-order valence-electron chi connectivity index (χ1n) is 6.42. The van der Waals surface area contributed by atoms with E-state index in [0.717, 1.165) is 19.4 Å². The van der Waals surface area contributed by atoms with Gasteiger partial charge in [0, 0.05) is 20.6 Å². The normalized spacial score (nSPS) is 18.8. The van der Waals surface area contributed by atoms with E-state index in [9.17, 15) is 8.42 Å². The smallest absolute Gasteiger partial charge is 0.278 e. The van der Waals surface area contributed by atoms with Gasteiger partial charge >= 0.3 is 0 Å². The second kappa shape index (κ2) is 7.31. The van der Waals surface area contributed by atoms with Crippen molar-refractivity contribution in [3.8, 4) is 0 Å². The number of hydrogen-bond donors (Lipinski definition) is 1. The molecule has 1 rings (SSSR count). The van der Waals surface area contributed by atoms with Gasteiger partial charge in [-0.1, -0.05) is 6.42 Å². The first-order valence-corrected chi connectivity index (χ1v) is 7.86. The van der Waals surface area contributed by atoms with Crippen molar-refractivity contribution in [3.63, 3.8) is 0 Å². The SMILES string of the molecule is CN(C)S(=O)(=O)NCCCCN1CCCCC1. The van der Waals surface area contributed by atoms with Crippen molar-refractivity contribution in [2.75, 3.05) is 40.3 Å². The molecule has 102 valence electrons. The largest absolute Gasteiger partial charge is 0.303 e. The fourth-order valence-corrected chi connectivity index (χ4v) is 2.63. The summed E-state index contributed by atoms with van der Waals surface area (Å²) in [5, 5.41) is 0. The minimum atomic E-state index is -3.23. The van der Waals surface area contributed by atoms with Crippen molar-refractivity contribution in [1.29, 1.82) is 0 Å². The quantitative estimate of drug-likeness (QED) is 0.686. The van der Waals surface area contributed by atoms with Gasteiger partial charge in [-0.2, -0.15) is 12.7 Å². The molecule has 0 spiro atoms. The van der Waals surface area contributed by atoms with Gasteiger partial charge in [0.1, 0.15) is 0 Å². The molecule has 1 aliphatic heterocycles. The number of nitrogens with zero attached hydrogens (tertiary/aromatic N) is 2. The standard InChI is InChI=1S/C11H25N3O2S/c1-13(2)17(15,16)12-8-4-7-11-14-9-5-3-6-10-14/h12H,3-11H2,1-2H3. The maximum Gasteiger partial charge on any atom is 0.278 e.